The van der Waals surface area contributed by atoms with E-state index in [1.807, 2.05) is 0 Å². The van der Waals surface area contributed by atoms with E-state index in [0.29, 0.717) is 11.7 Å². The third-order valence-electron chi connectivity index (χ3n) is 4.05. The number of hydrogen-bond acceptors (Lipinski definition) is 1. The van der Waals surface area contributed by atoms with Gasteiger partial charge in [0.1, 0.15) is 5.78 Å². The van der Waals surface area contributed by atoms with Crippen molar-refractivity contribution >= 4 is 16.6 Å². The van der Waals surface area contributed by atoms with Crippen molar-refractivity contribution < 1.29 is 4.79 Å². The largest absolute Gasteiger partial charge is 0.300 e. The number of fused-ring (bicyclic) bond motifs is 1. The van der Waals surface area contributed by atoms with Gasteiger partial charge < -0.3 is 0 Å². The number of Topliss-reactive ketones (excluding diaryl/α,β-unsaturated/α-hetero) is 1. The van der Waals surface area contributed by atoms with Crippen molar-refractivity contribution in [1.82, 2.24) is 0 Å². The molecule has 2 aromatic rings. The summed E-state index contributed by atoms with van der Waals surface area (Å²) in [5.41, 5.74) is 1.44. The van der Waals surface area contributed by atoms with Crippen molar-refractivity contribution in [1.29, 1.82) is 0 Å². The van der Waals surface area contributed by atoms with Crippen molar-refractivity contribution in [3.05, 3.63) is 48.0 Å². The third kappa shape index (κ3) is 2.31. The molecule has 1 aliphatic carbocycles. The smallest absolute Gasteiger partial charge is 0.132 e. The Morgan fingerprint density at radius 3 is 2.50 bits per heavy atom. The highest BCUT2D eigenvalue weighted by Crippen LogP contribution is 2.28. The Kier molecular flexibility index (Phi) is 3.14. The minimum atomic E-state index is 0.448. The molecule has 18 heavy (non-hydrogen) atoms. The van der Waals surface area contributed by atoms with E-state index in [1.165, 1.54) is 16.3 Å². The van der Waals surface area contributed by atoms with Gasteiger partial charge in [-0.05, 0) is 41.5 Å². The van der Waals surface area contributed by atoms with Crippen LogP contribution in [0.15, 0.2) is 42.5 Å². The summed E-state index contributed by atoms with van der Waals surface area (Å²) in [5, 5.41) is 2.69. The Morgan fingerprint density at radius 2 is 1.67 bits per heavy atom. The van der Waals surface area contributed by atoms with Gasteiger partial charge in [0.25, 0.3) is 0 Å². The van der Waals surface area contributed by atoms with Crippen LogP contribution in [0.5, 0.6) is 0 Å². The molecule has 1 aliphatic rings. The Labute approximate surface area is 108 Å². The van der Waals surface area contributed by atoms with Gasteiger partial charge >= 0.3 is 0 Å². The number of carbonyl (C=O) groups excluding carboxylic acids is 1. The Balaban J connectivity index is 1.84. The first-order valence-electron chi connectivity index (χ1n) is 6.81. The molecule has 1 saturated carbocycles. The summed E-state index contributed by atoms with van der Waals surface area (Å²) in [6.45, 7) is 0. The molecule has 0 spiro atoms. The van der Waals surface area contributed by atoms with Crippen LogP contribution in [0.4, 0.5) is 0 Å². The fourth-order valence-electron chi connectivity index (χ4n) is 2.99. The third-order valence-corrected chi connectivity index (χ3v) is 4.05. The molecule has 3 rings (SSSR count). The molecule has 2 aromatic carbocycles. The quantitative estimate of drug-likeness (QED) is 0.768. The van der Waals surface area contributed by atoms with E-state index in [2.05, 4.69) is 42.5 Å². The highest BCUT2D eigenvalue weighted by Gasteiger charge is 2.19. The molecule has 0 atom stereocenters. The fraction of sp³-hybridized carbons (Fsp3) is 0.353. The summed E-state index contributed by atoms with van der Waals surface area (Å²) >= 11 is 0. The van der Waals surface area contributed by atoms with Gasteiger partial charge in [-0.3, -0.25) is 4.79 Å². The summed E-state index contributed by atoms with van der Waals surface area (Å²) in [4.78, 5) is 11.3. The lowest BCUT2D eigenvalue weighted by Crippen LogP contribution is -2.15. The number of carbonyl (C=O) groups is 1. The second-order valence-electron chi connectivity index (χ2n) is 5.32. The summed E-state index contributed by atoms with van der Waals surface area (Å²) in [5.74, 6) is 1.14. The maximum Gasteiger partial charge on any atom is 0.132 e. The molecular formula is C17H18O. The lowest BCUT2D eigenvalue weighted by molar-refractivity contribution is -0.120. The number of rotatable bonds is 2. The second-order valence-corrected chi connectivity index (χ2v) is 5.32. The molecule has 0 heterocycles. The molecule has 0 bridgehead atoms. The first-order chi connectivity index (χ1) is 8.83. The van der Waals surface area contributed by atoms with E-state index in [-0.39, 0.29) is 0 Å². The summed E-state index contributed by atoms with van der Waals surface area (Å²) in [7, 11) is 0. The van der Waals surface area contributed by atoms with Gasteiger partial charge in [-0.2, -0.15) is 0 Å². The van der Waals surface area contributed by atoms with E-state index in [0.717, 1.165) is 32.1 Å². The molecule has 0 unspecified atom stereocenters. The lowest BCUT2D eigenvalue weighted by Gasteiger charge is -2.21. The van der Waals surface area contributed by atoms with E-state index >= 15 is 0 Å². The predicted octanol–water partition coefficient (Wildman–Crippen LogP) is 4.14. The van der Waals surface area contributed by atoms with E-state index in [1.54, 1.807) is 0 Å². The highest BCUT2D eigenvalue weighted by atomic mass is 16.1. The van der Waals surface area contributed by atoms with Gasteiger partial charge in [0.05, 0.1) is 0 Å². The van der Waals surface area contributed by atoms with Gasteiger partial charge in [-0.1, -0.05) is 42.5 Å². The van der Waals surface area contributed by atoms with E-state index in [4.69, 9.17) is 0 Å². The van der Waals surface area contributed by atoms with Crippen LogP contribution in [-0.4, -0.2) is 5.78 Å². The van der Waals surface area contributed by atoms with Crippen molar-refractivity contribution in [3.8, 4) is 0 Å². The van der Waals surface area contributed by atoms with Gasteiger partial charge in [-0.25, -0.2) is 0 Å². The Bertz CT molecular complexity index is 555. The second kappa shape index (κ2) is 4.93. The average Bonchev–Trinajstić information content (AvgIpc) is 2.42. The first kappa shape index (κ1) is 11.5. The van der Waals surface area contributed by atoms with Crippen molar-refractivity contribution in [2.24, 2.45) is 5.92 Å². The summed E-state index contributed by atoms with van der Waals surface area (Å²) < 4.78 is 0. The number of ketones is 1. The zero-order valence-corrected chi connectivity index (χ0v) is 10.6. The number of hydrogen-bond donors (Lipinski definition) is 0. The fourth-order valence-corrected chi connectivity index (χ4v) is 2.99. The molecule has 1 nitrogen and oxygen atoms in total. The molecule has 0 saturated heterocycles. The topological polar surface area (TPSA) is 17.1 Å². The molecule has 0 aliphatic heterocycles. The van der Waals surface area contributed by atoms with Crippen LogP contribution < -0.4 is 0 Å². The summed E-state index contributed by atoms with van der Waals surface area (Å²) in [6.07, 6.45) is 4.84. The Hall–Kier alpha value is -1.63. The zero-order chi connectivity index (χ0) is 12.4. The number of benzene rings is 2. The molecule has 0 amide bonds. The molecular weight excluding hydrogens is 220 g/mol. The molecule has 92 valence electrons. The Morgan fingerprint density at radius 1 is 0.944 bits per heavy atom. The normalized spacial score (nSPS) is 17.2. The summed E-state index contributed by atoms with van der Waals surface area (Å²) in [6, 6.07) is 15.1. The van der Waals surface area contributed by atoms with Crippen LogP contribution in [-0.2, 0) is 11.2 Å². The minimum Gasteiger partial charge on any atom is -0.300 e. The van der Waals surface area contributed by atoms with Crippen LogP contribution in [0, 0.1) is 5.92 Å². The van der Waals surface area contributed by atoms with Crippen LogP contribution in [0.2, 0.25) is 0 Å². The van der Waals surface area contributed by atoms with E-state index in [9.17, 15) is 4.79 Å². The van der Waals surface area contributed by atoms with E-state index < -0.39 is 0 Å². The first-order valence-corrected chi connectivity index (χ1v) is 6.81. The molecule has 0 aromatic heterocycles. The van der Waals surface area contributed by atoms with Crippen LogP contribution in [0.3, 0.4) is 0 Å². The predicted molar refractivity (Wildman–Crippen MR) is 74.6 cm³/mol. The van der Waals surface area contributed by atoms with Crippen LogP contribution >= 0.6 is 0 Å². The molecule has 1 fully saturated rings. The van der Waals surface area contributed by atoms with Crippen molar-refractivity contribution in [3.63, 3.8) is 0 Å². The lowest BCUT2D eigenvalue weighted by atomic mass is 9.83. The van der Waals surface area contributed by atoms with Crippen molar-refractivity contribution in [2.45, 2.75) is 32.1 Å². The SMILES string of the molecule is O=C1CCC(Cc2cccc3ccccc23)CC1. The monoisotopic (exact) mass is 238 g/mol. The maximum absolute atomic E-state index is 11.3. The van der Waals surface area contributed by atoms with Gasteiger partial charge in [-0.15, -0.1) is 0 Å². The van der Waals surface area contributed by atoms with Crippen molar-refractivity contribution in [2.75, 3.05) is 0 Å². The zero-order valence-electron chi connectivity index (χ0n) is 10.6. The molecule has 1 heteroatoms. The standard InChI is InChI=1S/C17H18O/c18-16-10-8-13(9-11-16)12-15-6-3-5-14-4-1-2-7-17(14)15/h1-7,13H,8-12H2. The van der Waals surface area contributed by atoms with Gasteiger partial charge in [0.2, 0.25) is 0 Å². The molecule has 0 N–H and O–H groups in total. The minimum absolute atomic E-state index is 0.448. The van der Waals surface area contributed by atoms with Gasteiger partial charge in [0.15, 0.2) is 0 Å². The van der Waals surface area contributed by atoms with Crippen LogP contribution in [0.1, 0.15) is 31.2 Å². The van der Waals surface area contributed by atoms with Crippen LogP contribution in [0.25, 0.3) is 10.8 Å². The average molecular weight is 238 g/mol. The maximum atomic E-state index is 11.3. The highest BCUT2D eigenvalue weighted by molar-refractivity contribution is 5.85. The van der Waals surface area contributed by atoms with Gasteiger partial charge in [0, 0.05) is 12.8 Å². The molecule has 0 radical (unpaired) electrons.